The fourth-order valence-electron chi connectivity index (χ4n) is 1.74. The second-order valence-electron chi connectivity index (χ2n) is 4.06. The van der Waals surface area contributed by atoms with Crippen molar-refractivity contribution < 1.29 is 9.52 Å². The number of aliphatic hydroxyl groups is 1. The standard InChI is InChI=1S/C12H13ClN2O3.ClH/c13-6-1-2-10-8(3-6)11(17)9(12(15)18-10)4-7(14)5-16;/h1-3,7,16H,4-5,14-15H2;1H. The molecule has 0 saturated heterocycles. The molecular formula is C12H14Cl2N2O3. The Bertz CT molecular complexity index is 643. The van der Waals surface area contributed by atoms with Gasteiger partial charge in [0.1, 0.15) is 5.58 Å². The zero-order valence-corrected chi connectivity index (χ0v) is 11.5. The number of aliphatic hydroxyl groups excluding tert-OH is 1. The van der Waals surface area contributed by atoms with E-state index in [1.165, 1.54) is 6.07 Å². The summed E-state index contributed by atoms with van der Waals surface area (Å²) in [4.78, 5) is 12.2. The Balaban J connectivity index is 0.00000180. The van der Waals surface area contributed by atoms with E-state index < -0.39 is 6.04 Å². The maximum Gasteiger partial charge on any atom is 0.198 e. The molecular weight excluding hydrogens is 291 g/mol. The zero-order valence-electron chi connectivity index (χ0n) is 9.93. The number of hydrogen-bond donors (Lipinski definition) is 3. The van der Waals surface area contributed by atoms with Gasteiger partial charge in [0.15, 0.2) is 11.3 Å². The Morgan fingerprint density at radius 1 is 1.42 bits per heavy atom. The van der Waals surface area contributed by atoms with Crippen LogP contribution in [0.15, 0.2) is 27.4 Å². The van der Waals surface area contributed by atoms with Gasteiger partial charge in [-0.25, -0.2) is 0 Å². The molecule has 0 spiro atoms. The highest BCUT2D eigenvalue weighted by atomic mass is 35.5. The molecule has 1 aromatic carbocycles. The molecule has 2 rings (SSSR count). The summed E-state index contributed by atoms with van der Waals surface area (Å²) in [6, 6.07) is 4.18. The predicted molar refractivity (Wildman–Crippen MR) is 77.9 cm³/mol. The van der Waals surface area contributed by atoms with Crippen molar-refractivity contribution in [2.24, 2.45) is 5.73 Å². The first-order valence-electron chi connectivity index (χ1n) is 5.40. The van der Waals surface area contributed by atoms with Gasteiger partial charge >= 0.3 is 0 Å². The first-order valence-corrected chi connectivity index (χ1v) is 5.78. The average Bonchev–Trinajstić information content (AvgIpc) is 2.35. The van der Waals surface area contributed by atoms with Crippen LogP contribution in [0.25, 0.3) is 11.0 Å². The largest absolute Gasteiger partial charge is 0.440 e. The van der Waals surface area contributed by atoms with Crippen LogP contribution in [0.5, 0.6) is 0 Å². The topological polar surface area (TPSA) is 102 Å². The highest BCUT2D eigenvalue weighted by molar-refractivity contribution is 6.31. The SMILES string of the molecule is Cl.Nc1oc2ccc(Cl)cc2c(=O)c1CC(N)CO. The molecule has 104 valence electrons. The Kier molecular flexibility index (Phi) is 5.20. The summed E-state index contributed by atoms with van der Waals surface area (Å²) in [6.45, 7) is -0.230. The van der Waals surface area contributed by atoms with Crippen molar-refractivity contribution in [3.8, 4) is 0 Å². The summed E-state index contributed by atoms with van der Waals surface area (Å²) in [5, 5.41) is 9.72. The minimum atomic E-state index is -0.549. The van der Waals surface area contributed by atoms with Gasteiger partial charge in [-0.3, -0.25) is 4.79 Å². The summed E-state index contributed by atoms with van der Waals surface area (Å²) < 4.78 is 5.36. The van der Waals surface area contributed by atoms with Crippen LogP contribution in [0.4, 0.5) is 5.88 Å². The van der Waals surface area contributed by atoms with Crippen LogP contribution in [0.3, 0.4) is 0 Å². The number of nitrogens with two attached hydrogens (primary N) is 2. The third kappa shape index (κ3) is 3.19. The van der Waals surface area contributed by atoms with E-state index in [0.717, 1.165) is 0 Å². The molecule has 7 heteroatoms. The molecule has 0 aliphatic carbocycles. The smallest absolute Gasteiger partial charge is 0.198 e. The molecule has 1 atom stereocenters. The number of benzene rings is 1. The van der Waals surface area contributed by atoms with Crippen LogP contribution in [0.2, 0.25) is 5.02 Å². The van der Waals surface area contributed by atoms with Gasteiger partial charge in [-0.1, -0.05) is 11.6 Å². The highest BCUT2D eigenvalue weighted by Crippen LogP contribution is 2.21. The number of halogens is 2. The molecule has 5 N–H and O–H groups in total. The van der Waals surface area contributed by atoms with Crippen LogP contribution in [0.1, 0.15) is 5.56 Å². The Morgan fingerprint density at radius 3 is 2.74 bits per heavy atom. The molecule has 0 saturated carbocycles. The van der Waals surface area contributed by atoms with E-state index in [-0.39, 0.29) is 42.3 Å². The molecule has 0 fully saturated rings. The lowest BCUT2D eigenvalue weighted by Crippen LogP contribution is -2.30. The third-order valence-electron chi connectivity index (χ3n) is 2.68. The van der Waals surface area contributed by atoms with Gasteiger partial charge < -0.3 is 21.0 Å². The average molecular weight is 305 g/mol. The monoisotopic (exact) mass is 304 g/mol. The molecule has 0 aliphatic rings. The quantitative estimate of drug-likeness (QED) is 0.793. The molecule has 0 bridgehead atoms. The predicted octanol–water partition coefficient (Wildman–Crippen LogP) is 1.31. The summed E-state index contributed by atoms with van der Waals surface area (Å²) in [5.74, 6) is 0.0266. The van der Waals surface area contributed by atoms with Gasteiger partial charge in [-0.2, -0.15) is 0 Å². The van der Waals surface area contributed by atoms with Crippen molar-refractivity contribution in [3.63, 3.8) is 0 Å². The highest BCUT2D eigenvalue weighted by Gasteiger charge is 2.15. The summed E-state index contributed by atoms with van der Waals surface area (Å²) >= 11 is 5.84. The van der Waals surface area contributed by atoms with Gasteiger partial charge in [0.25, 0.3) is 0 Å². The maximum absolute atomic E-state index is 12.2. The summed E-state index contributed by atoms with van der Waals surface area (Å²) in [7, 11) is 0. The van der Waals surface area contributed by atoms with Crippen LogP contribution in [0, 0.1) is 0 Å². The van der Waals surface area contributed by atoms with Crippen molar-refractivity contribution >= 4 is 40.9 Å². The zero-order chi connectivity index (χ0) is 13.3. The van der Waals surface area contributed by atoms with E-state index in [4.69, 9.17) is 32.6 Å². The summed E-state index contributed by atoms with van der Waals surface area (Å²) in [6.07, 6.45) is 0.160. The second-order valence-corrected chi connectivity index (χ2v) is 4.50. The van der Waals surface area contributed by atoms with Crippen molar-refractivity contribution in [1.29, 1.82) is 0 Å². The molecule has 5 nitrogen and oxygen atoms in total. The van der Waals surface area contributed by atoms with Crippen molar-refractivity contribution in [3.05, 3.63) is 39.0 Å². The second kappa shape index (κ2) is 6.25. The van der Waals surface area contributed by atoms with Crippen LogP contribution in [-0.4, -0.2) is 17.8 Å². The molecule has 0 amide bonds. The first-order chi connectivity index (χ1) is 8.52. The molecule has 0 radical (unpaired) electrons. The van der Waals surface area contributed by atoms with E-state index in [2.05, 4.69) is 0 Å². The minimum absolute atomic E-state index is 0. The van der Waals surface area contributed by atoms with Gasteiger partial charge in [-0.15, -0.1) is 12.4 Å². The fourth-order valence-corrected chi connectivity index (χ4v) is 1.92. The Hall–Kier alpha value is -1.27. The lowest BCUT2D eigenvalue weighted by atomic mass is 10.1. The normalized spacial score (nSPS) is 12.2. The molecule has 1 unspecified atom stereocenters. The van der Waals surface area contributed by atoms with E-state index in [1.54, 1.807) is 12.1 Å². The van der Waals surface area contributed by atoms with E-state index in [9.17, 15) is 4.79 Å². The number of fused-ring (bicyclic) bond motifs is 1. The van der Waals surface area contributed by atoms with E-state index in [0.29, 0.717) is 16.0 Å². The number of hydrogen-bond acceptors (Lipinski definition) is 5. The van der Waals surface area contributed by atoms with Crippen LogP contribution < -0.4 is 16.9 Å². The Morgan fingerprint density at radius 2 is 2.11 bits per heavy atom. The molecule has 1 heterocycles. The van der Waals surface area contributed by atoms with Crippen molar-refractivity contribution in [1.82, 2.24) is 0 Å². The number of rotatable bonds is 3. The first kappa shape index (κ1) is 15.8. The van der Waals surface area contributed by atoms with Gasteiger partial charge in [0.2, 0.25) is 0 Å². The van der Waals surface area contributed by atoms with Crippen molar-refractivity contribution in [2.45, 2.75) is 12.5 Å². The van der Waals surface area contributed by atoms with Gasteiger partial charge in [0, 0.05) is 11.1 Å². The van der Waals surface area contributed by atoms with E-state index >= 15 is 0 Å². The minimum Gasteiger partial charge on any atom is -0.440 e. The third-order valence-corrected chi connectivity index (χ3v) is 2.91. The van der Waals surface area contributed by atoms with Crippen molar-refractivity contribution in [2.75, 3.05) is 12.3 Å². The van der Waals surface area contributed by atoms with Gasteiger partial charge in [-0.05, 0) is 24.6 Å². The van der Waals surface area contributed by atoms with Crippen LogP contribution in [-0.2, 0) is 6.42 Å². The fraction of sp³-hybridized carbons (Fsp3) is 0.250. The maximum atomic E-state index is 12.2. The van der Waals surface area contributed by atoms with Crippen LogP contribution >= 0.6 is 24.0 Å². The summed E-state index contributed by atoms with van der Waals surface area (Å²) in [5.41, 5.74) is 11.7. The molecule has 19 heavy (non-hydrogen) atoms. The number of anilines is 1. The molecule has 1 aromatic heterocycles. The van der Waals surface area contributed by atoms with Gasteiger partial charge in [0.05, 0.1) is 17.6 Å². The number of nitrogen functional groups attached to an aromatic ring is 1. The van der Waals surface area contributed by atoms with E-state index in [1.807, 2.05) is 0 Å². The molecule has 0 aliphatic heterocycles. The molecule has 2 aromatic rings. The lowest BCUT2D eigenvalue weighted by molar-refractivity contribution is 0.265. The lowest BCUT2D eigenvalue weighted by Gasteiger charge is -2.10. The Labute approximate surface area is 120 Å².